The Balaban J connectivity index is 0.00000342. The number of alkyl halides is 3. The first kappa shape index (κ1) is 26.4. The summed E-state index contributed by atoms with van der Waals surface area (Å²) in [6.07, 6.45) is -4.05. The normalized spacial score (nSPS) is 13.0. The quantitative estimate of drug-likeness (QED) is 0.536. The van der Waals surface area contributed by atoms with Crippen LogP contribution in [0, 0.1) is 0 Å². The van der Waals surface area contributed by atoms with Crippen LogP contribution in [0.1, 0.15) is 32.7 Å². The molecule has 2 aromatic carbocycles. The molecule has 0 saturated carbocycles. The first-order valence-electron chi connectivity index (χ1n) is 10.3. The van der Waals surface area contributed by atoms with Gasteiger partial charge in [0, 0.05) is 30.1 Å². The van der Waals surface area contributed by atoms with E-state index in [0.717, 1.165) is 16.9 Å². The Bertz CT molecular complexity index is 1260. The van der Waals surface area contributed by atoms with Gasteiger partial charge in [-0.1, -0.05) is 23.7 Å². The van der Waals surface area contributed by atoms with Crippen LogP contribution in [0.5, 0.6) is 0 Å². The molecule has 186 valence electrons. The van der Waals surface area contributed by atoms with E-state index in [1.165, 1.54) is 19.2 Å². The maximum atomic E-state index is 13.1. The van der Waals surface area contributed by atoms with Gasteiger partial charge in [0.05, 0.1) is 23.4 Å². The number of nitrogens with zero attached hydrogens (tertiary/aromatic N) is 3. The van der Waals surface area contributed by atoms with Crippen LogP contribution in [0.25, 0.3) is 0 Å². The Hall–Kier alpha value is -3.24. The van der Waals surface area contributed by atoms with Gasteiger partial charge in [0.2, 0.25) is 5.95 Å². The molecule has 12 heteroatoms. The van der Waals surface area contributed by atoms with E-state index in [1.54, 1.807) is 29.2 Å². The molecule has 0 atom stereocenters. The third kappa shape index (κ3) is 5.71. The fraction of sp³-hybridized carbons (Fsp3) is 0.261. The van der Waals surface area contributed by atoms with E-state index >= 15 is 0 Å². The molecule has 3 aromatic rings. The fourth-order valence-electron chi connectivity index (χ4n) is 3.68. The van der Waals surface area contributed by atoms with Crippen LogP contribution in [-0.2, 0) is 25.7 Å². The molecule has 35 heavy (non-hydrogen) atoms. The first-order valence-corrected chi connectivity index (χ1v) is 10.7. The zero-order valence-electron chi connectivity index (χ0n) is 18.4. The number of carbonyl (C=O) groups excluding carboxylic acids is 1. The Kier molecular flexibility index (Phi) is 7.97. The number of hydrogen-bond acceptors (Lipinski definition) is 5. The van der Waals surface area contributed by atoms with Crippen molar-refractivity contribution in [1.29, 1.82) is 0 Å². The third-order valence-corrected chi connectivity index (χ3v) is 5.74. The zero-order valence-corrected chi connectivity index (χ0v) is 20.0. The highest BCUT2D eigenvalue weighted by Crippen LogP contribution is 2.29. The number of anilines is 1. The zero-order chi connectivity index (χ0) is 24.5. The molecule has 0 radical (unpaired) electrons. The smallest absolute Gasteiger partial charge is 0.411 e. The summed E-state index contributed by atoms with van der Waals surface area (Å²) in [5, 5.41) is 3.46. The summed E-state index contributed by atoms with van der Waals surface area (Å²) in [6, 6.07) is 11.2. The average molecular weight is 529 g/mol. The number of nitrogens with one attached hydrogen (secondary N) is 1. The molecule has 0 fully saturated rings. The number of rotatable bonds is 5. The summed E-state index contributed by atoms with van der Waals surface area (Å²) in [7, 11) is 1.30. The van der Waals surface area contributed by atoms with Crippen molar-refractivity contribution >= 4 is 35.9 Å². The van der Waals surface area contributed by atoms with Crippen molar-refractivity contribution in [3.8, 4) is 0 Å². The van der Waals surface area contributed by atoms with Crippen molar-refractivity contribution in [3.05, 3.63) is 91.9 Å². The highest BCUT2D eigenvalue weighted by molar-refractivity contribution is 6.30. The van der Waals surface area contributed by atoms with Gasteiger partial charge in [-0.2, -0.15) is 13.2 Å². The van der Waals surface area contributed by atoms with E-state index in [1.807, 2.05) is 0 Å². The maximum Gasteiger partial charge on any atom is 0.416 e. The van der Waals surface area contributed by atoms with Gasteiger partial charge in [0.1, 0.15) is 7.11 Å². The van der Waals surface area contributed by atoms with Gasteiger partial charge in [0.15, 0.2) is 0 Å². The summed E-state index contributed by atoms with van der Waals surface area (Å²) in [4.78, 5) is 37.1. The lowest BCUT2D eigenvalue weighted by Gasteiger charge is -2.28. The summed E-state index contributed by atoms with van der Waals surface area (Å²) in [6.45, 7) is 0.579. The lowest BCUT2D eigenvalue weighted by Crippen LogP contribution is -2.42. The Morgan fingerprint density at radius 3 is 2.40 bits per heavy atom. The molecular weight excluding hydrogens is 508 g/mol. The Morgan fingerprint density at radius 1 is 1.14 bits per heavy atom. The summed E-state index contributed by atoms with van der Waals surface area (Å²) in [5.41, 5.74) is 0.708. The molecule has 1 aromatic heterocycles. The lowest BCUT2D eigenvalue weighted by molar-refractivity contribution is -0.137. The molecule has 2 heterocycles. The summed E-state index contributed by atoms with van der Waals surface area (Å²) in [5.74, 6) is -0.0983. The Morgan fingerprint density at radius 2 is 1.80 bits per heavy atom. The van der Waals surface area contributed by atoms with E-state index in [2.05, 4.69) is 10.3 Å². The molecule has 1 aliphatic heterocycles. The van der Waals surface area contributed by atoms with Gasteiger partial charge < -0.3 is 15.1 Å². The standard InChI is InChI=1S/C23H20ClF3N4O3.ClH/c1-34-31-21(33)18-13-30(20(32)15-4-8-17(24)9-5-15)11-10-19(18)29-22(31)28-12-14-2-6-16(7-3-14)23(25,26)27;/h2-9H,10-13H2,1H3,(H,28,29);1H. The molecular formula is C23H21Cl2F3N4O3. The molecule has 1 N–H and O–H groups in total. The van der Waals surface area contributed by atoms with Crippen LogP contribution in [0.2, 0.25) is 5.02 Å². The van der Waals surface area contributed by atoms with Crippen molar-refractivity contribution in [1.82, 2.24) is 14.6 Å². The first-order chi connectivity index (χ1) is 16.2. The van der Waals surface area contributed by atoms with E-state index in [4.69, 9.17) is 16.4 Å². The van der Waals surface area contributed by atoms with Gasteiger partial charge in [-0.05, 0) is 42.0 Å². The molecule has 0 spiro atoms. The number of aromatic nitrogens is 2. The third-order valence-electron chi connectivity index (χ3n) is 5.48. The summed E-state index contributed by atoms with van der Waals surface area (Å²) < 4.78 is 39.2. The summed E-state index contributed by atoms with van der Waals surface area (Å²) >= 11 is 5.89. The highest BCUT2D eigenvalue weighted by Gasteiger charge is 2.30. The number of fused-ring (bicyclic) bond motifs is 1. The topological polar surface area (TPSA) is 76.5 Å². The predicted octanol–water partition coefficient (Wildman–Crippen LogP) is 4.21. The van der Waals surface area contributed by atoms with Crippen LogP contribution < -0.4 is 15.7 Å². The van der Waals surface area contributed by atoms with Crippen LogP contribution in [0.3, 0.4) is 0 Å². The second kappa shape index (κ2) is 10.6. The van der Waals surface area contributed by atoms with E-state index < -0.39 is 17.3 Å². The van der Waals surface area contributed by atoms with E-state index in [0.29, 0.717) is 40.4 Å². The van der Waals surface area contributed by atoms with Crippen LogP contribution in [0.4, 0.5) is 19.1 Å². The predicted molar refractivity (Wildman–Crippen MR) is 127 cm³/mol. The second-order valence-corrected chi connectivity index (χ2v) is 8.11. The Labute approximate surface area is 209 Å². The SMILES string of the molecule is COn1c(NCc2ccc(C(F)(F)F)cc2)nc2c(c1=O)CN(C(=O)c1ccc(Cl)cc1)CC2.Cl. The lowest BCUT2D eigenvalue weighted by atomic mass is 10.1. The number of hydrogen-bond donors (Lipinski definition) is 1. The number of halogens is 5. The molecule has 0 bridgehead atoms. The molecule has 1 amide bonds. The minimum atomic E-state index is -4.41. The second-order valence-electron chi connectivity index (χ2n) is 7.67. The van der Waals surface area contributed by atoms with Gasteiger partial charge in [0.25, 0.3) is 11.5 Å². The van der Waals surface area contributed by atoms with Crippen molar-refractivity contribution in [3.63, 3.8) is 0 Å². The number of amides is 1. The van der Waals surface area contributed by atoms with Gasteiger partial charge in [-0.3, -0.25) is 9.59 Å². The molecule has 0 unspecified atom stereocenters. The van der Waals surface area contributed by atoms with E-state index in [9.17, 15) is 22.8 Å². The van der Waals surface area contributed by atoms with E-state index in [-0.39, 0.29) is 37.4 Å². The van der Waals surface area contributed by atoms with Gasteiger partial charge >= 0.3 is 6.18 Å². The van der Waals surface area contributed by atoms with Crippen LogP contribution >= 0.6 is 24.0 Å². The average Bonchev–Trinajstić information content (AvgIpc) is 2.82. The number of carbonyl (C=O) groups is 1. The minimum absolute atomic E-state index is 0. The van der Waals surface area contributed by atoms with Crippen LogP contribution in [0.15, 0.2) is 53.3 Å². The highest BCUT2D eigenvalue weighted by atomic mass is 35.5. The minimum Gasteiger partial charge on any atom is -0.411 e. The molecule has 7 nitrogen and oxygen atoms in total. The molecule has 0 saturated heterocycles. The number of benzene rings is 2. The fourth-order valence-corrected chi connectivity index (χ4v) is 3.81. The largest absolute Gasteiger partial charge is 0.416 e. The van der Waals surface area contributed by atoms with Gasteiger partial charge in [-0.25, -0.2) is 4.98 Å². The molecule has 4 rings (SSSR count). The molecule has 1 aliphatic rings. The molecule has 0 aliphatic carbocycles. The van der Waals surface area contributed by atoms with Crippen molar-refractivity contribution in [2.24, 2.45) is 0 Å². The van der Waals surface area contributed by atoms with Crippen molar-refractivity contribution in [2.75, 3.05) is 19.0 Å². The maximum absolute atomic E-state index is 13.1. The van der Waals surface area contributed by atoms with Crippen molar-refractivity contribution < 1.29 is 22.8 Å². The van der Waals surface area contributed by atoms with Crippen molar-refractivity contribution in [2.45, 2.75) is 25.7 Å². The monoisotopic (exact) mass is 528 g/mol. The van der Waals surface area contributed by atoms with Gasteiger partial charge in [-0.15, -0.1) is 17.1 Å². The van der Waals surface area contributed by atoms with Crippen LogP contribution in [-0.4, -0.2) is 34.2 Å².